The SMILES string of the molecule is COC(=O)[C@@H]1[C@H]2c3ccccc3O[C@]1(C)N=c1s/c(=C\c3cnc4ccccc4n3)c(=O)n12. The maximum absolute atomic E-state index is 13.6. The van der Waals surface area contributed by atoms with E-state index in [0.29, 0.717) is 20.8 Å². The molecule has 33 heavy (non-hydrogen) atoms. The van der Waals surface area contributed by atoms with Crippen LogP contribution in [0, 0.1) is 5.92 Å². The number of methoxy groups -OCH3 is 1. The van der Waals surface area contributed by atoms with Crippen LogP contribution in [-0.2, 0) is 9.53 Å². The van der Waals surface area contributed by atoms with E-state index >= 15 is 0 Å². The molecule has 2 aliphatic heterocycles. The molecule has 0 saturated carbocycles. The van der Waals surface area contributed by atoms with E-state index in [1.165, 1.54) is 18.4 Å². The van der Waals surface area contributed by atoms with Crippen molar-refractivity contribution >= 4 is 34.4 Å². The minimum Gasteiger partial charge on any atom is -0.469 e. The van der Waals surface area contributed by atoms with Crippen molar-refractivity contribution in [1.29, 1.82) is 0 Å². The molecule has 0 aliphatic carbocycles. The standard InChI is InChI=1S/C24H18N4O4S/c1-24-19(22(30)31-2)20(14-7-3-6-10-17(14)32-24)28-21(29)18(33-23(28)27-24)11-13-12-25-15-8-4-5-9-16(15)26-13/h3-12,19-20H,1-2H3/b18-11-/t19-,20+,24-/m0/s1. The first-order valence-electron chi connectivity index (χ1n) is 10.4. The van der Waals surface area contributed by atoms with Gasteiger partial charge in [0.05, 0.1) is 40.6 Å². The first kappa shape index (κ1) is 19.8. The summed E-state index contributed by atoms with van der Waals surface area (Å²) >= 11 is 1.24. The van der Waals surface area contributed by atoms with Gasteiger partial charge >= 0.3 is 5.97 Å². The van der Waals surface area contributed by atoms with E-state index in [0.717, 1.165) is 16.6 Å². The highest BCUT2D eigenvalue weighted by atomic mass is 32.1. The van der Waals surface area contributed by atoms with Crippen LogP contribution in [0.4, 0.5) is 0 Å². The van der Waals surface area contributed by atoms with Crippen molar-refractivity contribution < 1.29 is 14.3 Å². The highest BCUT2D eigenvalue weighted by Crippen LogP contribution is 2.47. The second kappa shape index (κ2) is 7.08. The lowest BCUT2D eigenvalue weighted by Crippen LogP contribution is -2.58. The van der Waals surface area contributed by atoms with Crippen LogP contribution in [0.5, 0.6) is 5.75 Å². The molecular formula is C24H18N4O4S. The summed E-state index contributed by atoms with van der Waals surface area (Å²) in [7, 11) is 1.33. The number of thiazole rings is 1. The topological polar surface area (TPSA) is 95.7 Å². The lowest BCUT2D eigenvalue weighted by atomic mass is 9.81. The van der Waals surface area contributed by atoms with Gasteiger partial charge in [-0.3, -0.25) is 19.1 Å². The van der Waals surface area contributed by atoms with E-state index < -0.39 is 23.7 Å². The molecule has 0 fully saturated rings. The van der Waals surface area contributed by atoms with Crippen LogP contribution in [0.1, 0.15) is 24.2 Å². The Morgan fingerprint density at radius 3 is 2.76 bits per heavy atom. The zero-order chi connectivity index (χ0) is 22.7. The maximum atomic E-state index is 13.6. The van der Waals surface area contributed by atoms with Crippen LogP contribution < -0.4 is 19.6 Å². The molecule has 0 N–H and O–H groups in total. The Morgan fingerprint density at radius 1 is 1.18 bits per heavy atom. The van der Waals surface area contributed by atoms with Crippen molar-refractivity contribution in [1.82, 2.24) is 14.5 Å². The number of nitrogens with zero attached hydrogens (tertiary/aromatic N) is 4. The molecule has 8 nitrogen and oxygen atoms in total. The molecule has 4 aromatic rings. The largest absolute Gasteiger partial charge is 0.469 e. The van der Waals surface area contributed by atoms with Gasteiger partial charge in [0.15, 0.2) is 4.80 Å². The maximum Gasteiger partial charge on any atom is 0.317 e. The third kappa shape index (κ3) is 2.92. The molecule has 2 aliphatic rings. The van der Waals surface area contributed by atoms with E-state index in [9.17, 15) is 9.59 Å². The lowest BCUT2D eigenvalue weighted by Gasteiger charge is -2.44. The van der Waals surface area contributed by atoms with Gasteiger partial charge < -0.3 is 9.47 Å². The molecule has 4 heterocycles. The van der Waals surface area contributed by atoms with Gasteiger partial charge in [-0.15, -0.1) is 0 Å². The van der Waals surface area contributed by atoms with Gasteiger partial charge in [-0.2, -0.15) is 0 Å². The van der Waals surface area contributed by atoms with Gasteiger partial charge in [-0.1, -0.05) is 41.7 Å². The van der Waals surface area contributed by atoms with Gasteiger partial charge in [0.1, 0.15) is 11.7 Å². The van der Waals surface area contributed by atoms with E-state index in [-0.39, 0.29) is 5.56 Å². The first-order chi connectivity index (χ1) is 16.0. The summed E-state index contributed by atoms with van der Waals surface area (Å²) in [6.07, 6.45) is 3.34. The summed E-state index contributed by atoms with van der Waals surface area (Å²) < 4.78 is 13.3. The molecule has 0 radical (unpaired) electrons. The molecule has 2 aromatic heterocycles. The normalized spacial score (nSPS) is 23.3. The summed E-state index contributed by atoms with van der Waals surface area (Å²) in [5.74, 6) is -0.676. The van der Waals surface area contributed by atoms with Crippen LogP contribution >= 0.6 is 11.3 Å². The molecule has 6 rings (SSSR count). The quantitative estimate of drug-likeness (QED) is 0.425. The fourth-order valence-electron chi connectivity index (χ4n) is 4.61. The van der Waals surface area contributed by atoms with Crippen LogP contribution in [0.25, 0.3) is 17.1 Å². The van der Waals surface area contributed by atoms with Crippen LogP contribution in [0.15, 0.2) is 64.5 Å². The van der Waals surface area contributed by atoms with Crippen molar-refractivity contribution in [2.24, 2.45) is 10.9 Å². The van der Waals surface area contributed by atoms with Gasteiger partial charge in [0.25, 0.3) is 5.56 Å². The van der Waals surface area contributed by atoms with E-state index in [4.69, 9.17) is 14.5 Å². The monoisotopic (exact) mass is 458 g/mol. The Kier molecular flexibility index (Phi) is 4.25. The van der Waals surface area contributed by atoms with Crippen LogP contribution in [-0.4, -0.2) is 33.3 Å². The summed E-state index contributed by atoms with van der Waals surface area (Å²) in [5, 5.41) is 0. The second-order valence-electron chi connectivity index (χ2n) is 8.10. The van der Waals surface area contributed by atoms with Crippen molar-refractivity contribution in [2.45, 2.75) is 18.7 Å². The second-order valence-corrected chi connectivity index (χ2v) is 9.11. The number of aromatic nitrogens is 3. The number of fused-ring (bicyclic) bond motifs is 7. The number of esters is 1. The number of carbonyl (C=O) groups excluding carboxylic acids is 1. The van der Waals surface area contributed by atoms with Crippen LogP contribution in [0.2, 0.25) is 0 Å². The zero-order valence-electron chi connectivity index (χ0n) is 17.8. The molecule has 164 valence electrons. The molecule has 0 unspecified atom stereocenters. The lowest BCUT2D eigenvalue weighted by molar-refractivity contribution is -0.158. The van der Waals surface area contributed by atoms with Gasteiger partial charge in [0.2, 0.25) is 5.72 Å². The number of benzene rings is 2. The number of para-hydroxylation sites is 3. The Morgan fingerprint density at radius 2 is 1.94 bits per heavy atom. The molecule has 0 amide bonds. The number of hydrogen-bond acceptors (Lipinski definition) is 8. The van der Waals surface area contributed by atoms with Gasteiger partial charge in [-0.05, 0) is 31.2 Å². The van der Waals surface area contributed by atoms with Crippen molar-refractivity contribution in [2.75, 3.05) is 7.11 Å². The molecular weight excluding hydrogens is 440 g/mol. The molecule has 3 atom stereocenters. The molecule has 2 aromatic carbocycles. The van der Waals surface area contributed by atoms with E-state index in [2.05, 4.69) is 9.97 Å². The summed E-state index contributed by atoms with van der Waals surface area (Å²) in [6, 6.07) is 14.4. The fraction of sp³-hybridized carbons (Fsp3) is 0.208. The Balaban J connectivity index is 1.59. The molecule has 0 spiro atoms. The Bertz CT molecular complexity index is 1630. The summed E-state index contributed by atoms with van der Waals surface area (Å²) in [4.78, 5) is 40.7. The predicted molar refractivity (Wildman–Crippen MR) is 122 cm³/mol. The average molecular weight is 458 g/mol. The summed E-state index contributed by atoms with van der Waals surface area (Å²) in [5.41, 5.74) is 1.41. The minimum atomic E-state index is -1.19. The Hall–Kier alpha value is -3.85. The average Bonchev–Trinajstić information content (AvgIpc) is 3.11. The predicted octanol–water partition coefficient (Wildman–Crippen LogP) is 1.80. The number of hydrogen-bond donors (Lipinski definition) is 0. The minimum absolute atomic E-state index is 0.244. The zero-order valence-corrected chi connectivity index (χ0v) is 18.6. The van der Waals surface area contributed by atoms with Crippen LogP contribution in [0.3, 0.4) is 0 Å². The number of rotatable bonds is 2. The van der Waals surface area contributed by atoms with Crippen molar-refractivity contribution in [3.63, 3.8) is 0 Å². The van der Waals surface area contributed by atoms with E-state index in [1.807, 2.05) is 48.5 Å². The molecule has 2 bridgehead atoms. The van der Waals surface area contributed by atoms with Gasteiger partial charge in [0, 0.05) is 5.56 Å². The third-order valence-electron chi connectivity index (χ3n) is 6.08. The third-order valence-corrected chi connectivity index (χ3v) is 7.06. The molecule has 0 saturated heterocycles. The smallest absolute Gasteiger partial charge is 0.317 e. The highest BCUT2D eigenvalue weighted by Gasteiger charge is 2.55. The van der Waals surface area contributed by atoms with Gasteiger partial charge in [-0.25, -0.2) is 9.98 Å². The summed E-state index contributed by atoms with van der Waals surface area (Å²) in [6.45, 7) is 1.75. The Labute approximate surface area is 191 Å². The number of ether oxygens (including phenoxy) is 2. The van der Waals surface area contributed by atoms with E-state index in [1.54, 1.807) is 23.8 Å². The van der Waals surface area contributed by atoms with Crippen molar-refractivity contribution in [3.8, 4) is 5.75 Å². The first-order valence-corrected chi connectivity index (χ1v) is 11.2. The van der Waals surface area contributed by atoms with Crippen molar-refractivity contribution in [3.05, 3.63) is 85.7 Å². The molecule has 9 heteroatoms. The fourth-order valence-corrected chi connectivity index (χ4v) is 5.69. The highest BCUT2D eigenvalue weighted by molar-refractivity contribution is 7.07. The number of carbonyl (C=O) groups is 1.